The summed E-state index contributed by atoms with van der Waals surface area (Å²) in [7, 11) is 1.34. The summed E-state index contributed by atoms with van der Waals surface area (Å²) in [6.07, 6.45) is 6.33. The van der Waals surface area contributed by atoms with Gasteiger partial charge in [-0.2, -0.15) is 0 Å². The third-order valence-corrected chi connectivity index (χ3v) is 3.64. The number of aromatic nitrogens is 1. The second kappa shape index (κ2) is 9.42. The molecule has 0 aliphatic rings. The lowest BCUT2D eigenvalue weighted by molar-refractivity contribution is 0.0600. The number of ether oxygens (including phenoxy) is 1. The Morgan fingerprint density at radius 3 is 2.64 bits per heavy atom. The normalized spacial score (nSPS) is 10.2. The minimum Gasteiger partial charge on any atom is -0.465 e. The number of pyridine rings is 1. The first-order chi connectivity index (χ1) is 12.1. The van der Waals surface area contributed by atoms with Crippen molar-refractivity contribution in [2.75, 3.05) is 19.0 Å². The van der Waals surface area contributed by atoms with Gasteiger partial charge in [0.15, 0.2) is 0 Å². The molecule has 0 saturated carbocycles. The second-order valence-corrected chi connectivity index (χ2v) is 5.62. The number of benzene rings is 1. The van der Waals surface area contributed by atoms with E-state index in [-0.39, 0.29) is 5.91 Å². The number of hydrogen-bond donors (Lipinski definition) is 2. The van der Waals surface area contributed by atoms with Crippen molar-refractivity contribution in [1.29, 1.82) is 0 Å². The SMILES string of the molecule is CCCCCNC(=O)c1cncc(Nc2cccc(C(=O)OC)c2)c1. The Morgan fingerprint density at radius 2 is 1.88 bits per heavy atom. The van der Waals surface area contributed by atoms with Crippen molar-refractivity contribution < 1.29 is 14.3 Å². The molecule has 0 atom stereocenters. The zero-order valence-corrected chi connectivity index (χ0v) is 14.5. The number of esters is 1. The van der Waals surface area contributed by atoms with Crippen molar-refractivity contribution in [3.63, 3.8) is 0 Å². The zero-order valence-electron chi connectivity index (χ0n) is 14.5. The molecule has 2 rings (SSSR count). The number of nitrogens with zero attached hydrogens (tertiary/aromatic N) is 1. The van der Waals surface area contributed by atoms with E-state index in [2.05, 4.69) is 22.5 Å². The van der Waals surface area contributed by atoms with Crippen LogP contribution in [0.5, 0.6) is 0 Å². The molecule has 0 aliphatic carbocycles. The van der Waals surface area contributed by atoms with E-state index in [1.807, 2.05) is 6.07 Å². The largest absolute Gasteiger partial charge is 0.465 e. The quantitative estimate of drug-likeness (QED) is 0.567. The highest BCUT2D eigenvalue weighted by molar-refractivity contribution is 5.95. The van der Waals surface area contributed by atoms with Crippen molar-refractivity contribution in [3.8, 4) is 0 Å². The van der Waals surface area contributed by atoms with Crippen LogP contribution in [0, 0.1) is 0 Å². The minimum absolute atomic E-state index is 0.143. The van der Waals surface area contributed by atoms with Gasteiger partial charge in [0.05, 0.1) is 30.1 Å². The molecule has 0 bridgehead atoms. The van der Waals surface area contributed by atoms with E-state index in [1.54, 1.807) is 30.5 Å². The number of amides is 1. The molecular weight excluding hydrogens is 318 g/mol. The summed E-state index contributed by atoms with van der Waals surface area (Å²) in [5, 5.41) is 6.03. The van der Waals surface area contributed by atoms with Crippen LogP contribution in [0.3, 0.4) is 0 Å². The van der Waals surface area contributed by atoms with E-state index in [1.165, 1.54) is 13.3 Å². The number of rotatable bonds is 8. The Kier molecular flexibility index (Phi) is 6.95. The lowest BCUT2D eigenvalue weighted by Gasteiger charge is -2.09. The number of anilines is 2. The molecule has 0 aliphatic heterocycles. The van der Waals surface area contributed by atoms with E-state index in [4.69, 9.17) is 4.74 Å². The topological polar surface area (TPSA) is 80.3 Å². The molecule has 25 heavy (non-hydrogen) atoms. The van der Waals surface area contributed by atoms with Crippen LogP contribution in [0.1, 0.15) is 46.9 Å². The maximum Gasteiger partial charge on any atom is 0.337 e. The summed E-state index contributed by atoms with van der Waals surface area (Å²) in [4.78, 5) is 27.9. The van der Waals surface area contributed by atoms with Gasteiger partial charge < -0.3 is 15.4 Å². The number of hydrogen-bond acceptors (Lipinski definition) is 5. The molecule has 0 unspecified atom stereocenters. The fraction of sp³-hybridized carbons (Fsp3) is 0.316. The van der Waals surface area contributed by atoms with E-state index < -0.39 is 5.97 Å². The first kappa shape index (κ1) is 18.4. The molecule has 0 saturated heterocycles. The maximum absolute atomic E-state index is 12.2. The van der Waals surface area contributed by atoms with Crippen molar-refractivity contribution in [2.45, 2.75) is 26.2 Å². The van der Waals surface area contributed by atoms with Gasteiger partial charge in [-0.3, -0.25) is 9.78 Å². The second-order valence-electron chi connectivity index (χ2n) is 5.62. The molecule has 2 N–H and O–H groups in total. The number of nitrogens with one attached hydrogen (secondary N) is 2. The van der Waals surface area contributed by atoms with E-state index in [0.717, 1.165) is 19.3 Å². The summed E-state index contributed by atoms with van der Waals surface area (Å²) in [6.45, 7) is 2.78. The van der Waals surface area contributed by atoms with Crippen LogP contribution >= 0.6 is 0 Å². The smallest absolute Gasteiger partial charge is 0.337 e. The Balaban J connectivity index is 2.04. The van der Waals surface area contributed by atoms with Gasteiger partial charge in [-0.25, -0.2) is 4.79 Å². The average molecular weight is 341 g/mol. The zero-order chi connectivity index (χ0) is 18.1. The molecule has 0 spiro atoms. The van der Waals surface area contributed by atoms with Gasteiger partial charge >= 0.3 is 5.97 Å². The average Bonchev–Trinajstić information content (AvgIpc) is 2.65. The Labute approximate surface area is 147 Å². The van der Waals surface area contributed by atoms with Gasteiger partial charge in [-0.15, -0.1) is 0 Å². The Bertz CT molecular complexity index is 731. The van der Waals surface area contributed by atoms with Crippen LogP contribution in [0.15, 0.2) is 42.7 Å². The molecule has 1 heterocycles. The summed E-state index contributed by atoms with van der Waals surface area (Å²) in [5.41, 5.74) is 2.32. The van der Waals surface area contributed by atoms with Crippen molar-refractivity contribution in [1.82, 2.24) is 10.3 Å². The molecule has 2 aromatic rings. The predicted octanol–water partition coefficient (Wildman–Crippen LogP) is 3.53. The molecular formula is C19H23N3O3. The highest BCUT2D eigenvalue weighted by Gasteiger charge is 2.08. The highest BCUT2D eigenvalue weighted by Crippen LogP contribution is 2.18. The summed E-state index contributed by atoms with van der Waals surface area (Å²) >= 11 is 0. The number of carbonyl (C=O) groups is 2. The van der Waals surface area contributed by atoms with E-state index >= 15 is 0 Å². The molecule has 0 radical (unpaired) electrons. The lowest BCUT2D eigenvalue weighted by Crippen LogP contribution is -2.24. The van der Waals surface area contributed by atoms with Crippen LogP contribution < -0.4 is 10.6 Å². The van der Waals surface area contributed by atoms with Gasteiger partial charge in [0.1, 0.15) is 0 Å². The molecule has 0 fully saturated rings. The third-order valence-electron chi connectivity index (χ3n) is 3.64. The highest BCUT2D eigenvalue weighted by atomic mass is 16.5. The molecule has 6 nitrogen and oxygen atoms in total. The summed E-state index contributed by atoms with van der Waals surface area (Å²) in [5.74, 6) is -0.544. The predicted molar refractivity (Wildman–Crippen MR) is 97.2 cm³/mol. The van der Waals surface area contributed by atoms with E-state index in [0.29, 0.717) is 29.0 Å². The minimum atomic E-state index is -0.401. The van der Waals surface area contributed by atoms with Crippen LogP contribution in [-0.2, 0) is 4.74 Å². The first-order valence-corrected chi connectivity index (χ1v) is 8.32. The number of methoxy groups -OCH3 is 1. The van der Waals surface area contributed by atoms with Crippen LogP contribution in [-0.4, -0.2) is 30.5 Å². The van der Waals surface area contributed by atoms with Crippen molar-refractivity contribution in [2.24, 2.45) is 0 Å². The van der Waals surface area contributed by atoms with Gasteiger partial charge in [0.25, 0.3) is 5.91 Å². The van der Waals surface area contributed by atoms with Gasteiger partial charge in [-0.05, 0) is 30.7 Å². The lowest BCUT2D eigenvalue weighted by atomic mass is 10.2. The van der Waals surface area contributed by atoms with Gasteiger partial charge in [0, 0.05) is 18.4 Å². The van der Waals surface area contributed by atoms with Crippen LogP contribution in [0.2, 0.25) is 0 Å². The third kappa shape index (κ3) is 5.60. The van der Waals surface area contributed by atoms with Crippen LogP contribution in [0.25, 0.3) is 0 Å². The standard InChI is InChI=1S/C19H23N3O3/c1-3-4-5-9-21-18(23)15-11-17(13-20-12-15)22-16-8-6-7-14(10-16)19(24)25-2/h6-8,10-13,22H,3-5,9H2,1-2H3,(H,21,23). The fourth-order valence-electron chi connectivity index (χ4n) is 2.32. The Morgan fingerprint density at radius 1 is 1.08 bits per heavy atom. The number of carbonyl (C=O) groups excluding carboxylic acids is 2. The fourth-order valence-corrected chi connectivity index (χ4v) is 2.32. The Hall–Kier alpha value is -2.89. The van der Waals surface area contributed by atoms with E-state index in [9.17, 15) is 9.59 Å². The molecule has 1 amide bonds. The van der Waals surface area contributed by atoms with Gasteiger partial charge in [0.2, 0.25) is 0 Å². The maximum atomic E-state index is 12.2. The monoisotopic (exact) mass is 341 g/mol. The molecule has 1 aromatic heterocycles. The van der Waals surface area contributed by atoms with Gasteiger partial charge in [-0.1, -0.05) is 25.8 Å². The molecule has 6 heteroatoms. The molecule has 1 aromatic carbocycles. The van der Waals surface area contributed by atoms with Crippen molar-refractivity contribution in [3.05, 3.63) is 53.9 Å². The summed E-state index contributed by atoms with van der Waals surface area (Å²) in [6, 6.07) is 8.67. The van der Waals surface area contributed by atoms with Crippen molar-refractivity contribution >= 4 is 23.3 Å². The number of unbranched alkanes of at least 4 members (excludes halogenated alkanes) is 2. The molecule has 132 valence electrons. The van der Waals surface area contributed by atoms with Crippen LogP contribution in [0.4, 0.5) is 11.4 Å². The first-order valence-electron chi connectivity index (χ1n) is 8.32. The summed E-state index contributed by atoms with van der Waals surface area (Å²) < 4.78 is 4.71.